The predicted octanol–water partition coefficient (Wildman–Crippen LogP) is 4.39. The first-order valence-electron chi connectivity index (χ1n) is 6.52. The smallest absolute Gasteiger partial charge is 0.343 e. The largest absolute Gasteiger partial charge is 0.423 e. The third-order valence-corrected chi connectivity index (χ3v) is 3.22. The highest BCUT2D eigenvalue weighted by Gasteiger charge is 2.07. The Balaban J connectivity index is 0.000000379. The van der Waals surface area contributed by atoms with Gasteiger partial charge in [0.05, 0.1) is 5.56 Å². The van der Waals surface area contributed by atoms with Crippen LogP contribution in [-0.4, -0.2) is 5.97 Å². The Morgan fingerprint density at radius 1 is 1.04 bits per heavy atom. The van der Waals surface area contributed by atoms with Crippen LogP contribution >= 0.6 is 15.9 Å². The van der Waals surface area contributed by atoms with E-state index < -0.39 is 0 Å². The van der Waals surface area contributed by atoms with Crippen LogP contribution in [0.4, 0.5) is 0 Å². The molecule has 4 nitrogen and oxygen atoms in total. The molecule has 0 atom stereocenters. The van der Waals surface area contributed by atoms with E-state index in [-0.39, 0.29) is 11.5 Å². The molecule has 2 aromatic carbocycles. The Kier molecular flexibility index (Phi) is 7.85. The molecule has 2 rings (SSSR count). The molecule has 0 aliphatic heterocycles. The molecule has 0 radical (unpaired) electrons. The van der Waals surface area contributed by atoms with Crippen molar-refractivity contribution in [3.63, 3.8) is 0 Å². The van der Waals surface area contributed by atoms with Gasteiger partial charge < -0.3 is 4.74 Å². The highest BCUT2D eigenvalue weighted by atomic mass is 79.9. The second-order valence-electron chi connectivity index (χ2n) is 4.24. The van der Waals surface area contributed by atoms with E-state index in [1.54, 1.807) is 36.4 Å². The lowest BCUT2D eigenvalue weighted by Gasteiger charge is -2.04. The molecule has 114 valence electrons. The van der Waals surface area contributed by atoms with Crippen molar-refractivity contribution < 1.29 is 9.53 Å². The summed E-state index contributed by atoms with van der Waals surface area (Å²) in [6, 6.07) is 19.5. The summed E-state index contributed by atoms with van der Waals surface area (Å²) in [7, 11) is 0. The summed E-state index contributed by atoms with van der Waals surface area (Å²) in [6.45, 7) is 3.07. The van der Waals surface area contributed by atoms with E-state index in [0.717, 1.165) is 10.9 Å². The Morgan fingerprint density at radius 2 is 1.61 bits per heavy atom. The van der Waals surface area contributed by atoms with Crippen molar-refractivity contribution in [3.8, 4) is 17.9 Å². The standard InChI is InChI=1S/C14H11BrO2.C4H2N2/c15-10-11-6-8-13(9-7-11)17-14(16)12-4-2-1-3-5-12;1-4(2-5)3-6/h1-9H,10H2;1H2. The first kappa shape index (κ1) is 18.2. The Labute approximate surface area is 143 Å². The fraction of sp³-hybridized carbons (Fsp3) is 0.0556. The van der Waals surface area contributed by atoms with Crippen molar-refractivity contribution in [2.24, 2.45) is 0 Å². The first-order valence-corrected chi connectivity index (χ1v) is 7.64. The number of allylic oxidation sites excluding steroid dienone is 1. The molecule has 0 aromatic heterocycles. The number of esters is 1. The number of hydrogen-bond acceptors (Lipinski definition) is 4. The van der Waals surface area contributed by atoms with Crippen molar-refractivity contribution >= 4 is 21.9 Å². The van der Waals surface area contributed by atoms with E-state index in [9.17, 15) is 4.79 Å². The zero-order chi connectivity index (χ0) is 17.1. The van der Waals surface area contributed by atoms with E-state index in [1.807, 2.05) is 30.3 Å². The van der Waals surface area contributed by atoms with Gasteiger partial charge in [0.2, 0.25) is 0 Å². The van der Waals surface area contributed by atoms with Crippen molar-refractivity contribution in [1.82, 2.24) is 0 Å². The van der Waals surface area contributed by atoms with Crippen molar-refractivity contribution in [3.05, 3.63) is 77.9 Å². The summed E-state index contributed by atoms with van der Waals surface area (Å²) in [5.41, 5.74) is 1.65. The second kappa shape index (κ2) is 9.94. The van der Waals surface area contributed by atoms with Gasteiger partial charge in [0, 0.05) is 5.33 Å². The molecule has 0 saturated heterocycles. The summed E-state index contributed by atoms with van der Waals surface area (Å²) < 4.78 is 5.25. The van der Waals surface area contributed by atoms with Crippen LogP contribution in [0.2, 0.25) is 0 Å². The van der Waals surface area contributed by atoms with Gasteiger partial charge in [0.25, 0.3) is 0 Å². The van der Waals surface area contributed by atoms with Crippen LogP contribution in [0.1, 0.15) is 15.9 Å². The minimum atomic E-state index is -0.336. The number of nitrogens with zero attached hydrogens (tertiary/aromatic N) is 2. The molecule has 5 heteroatoms. The van der Waals surface area contributed by atoms with Gasteiger partial charge in [-0.25, -0.2) is 4.79 Å². The van der Waals surface area contributed by atoms with Crippen LogP contribution in [0.15, 0.2) is 66.7 Å². The van der Waals surface area contributed by atoms with Gasteiger partial charge in [-0.2, -0.15) is 10.5 Å². The minimum absolute atomic E-state index is 0.0463. The van der Waals surface area contributed by atoms with Crippen molar-refractivity contribution in [1.29, 1.82) is 10.5 Å². The van der Waals surface area contributed by atoms with Gasteiger partial charge in [0.1, 0.15) is 23.5 Å². The third-order valence-electron chi connectivity index (χ3n) is 2.57. The highest BCUT2D eigenvalue weighted by molar-refractivity contribution is 9.08. The van der Waals surface area contributed by atoms with Gasteiger partial charge in [-0.05, 0) is 29.8 Å². The molecule has 23 heavy (non-hydrogen) atoms. The molecule has 0 fully saturated rings. The summed E-state index contributed by atoms with van der Waals surface area (Å²) >= 11 is 3.36. The lowest BCUT2D eigenvalue weighted by atomic mass is 10.2. The minimum Gasteiger partial charge on any atom is -0.423 e. The van der Waals surface area contributed by atoms with Gasteiger partial charge >= 0.3 is 5.97 Å². The van der Waals surface area contributed by atoms with E-state index >= 15 is 0 Å². The lowest BCUT2D eigenvalue weighted by molar-refractivity contribution is 0.0734. The van der Waals surface area contributed by atoms with E-state index in [2.05, 4.69) is 22.5 Å². The first-order chi connectivity index (χ1) is 11.1. The van der Waals surface area contributed by atoms with Crippen molar-refractivity contribution in [2.45, 2.75) is 5.33 Å². The molecule has 0 aliphatic carbocycles. The molecular weight excluding hydrogens is 356 g/mol. The van der Waals surface area contributed by atoms with Crippen molar-refractivity contribution in [2.75, 3.05) is 0 Å². The molecule has 0 aliphatic rings. The van der Waals surface area contributed by atoms with Crippen LogP contribution in [0.3, 0.4) is 0 Å². The zero-order valence-corrected chi connectivity index (χ0v) is 13.8. The SMILES string of the molecule is C=C(C#N)C#N.O=C(Oc1ccc(CBr)cc1)c1ccccc1. The normalized spacial score (nSPS) is 8.65. The molecule has 0 N–H and O–H groups in total. The predicted molar refractivity (Wildman–Crippen MR) is 90.8 cm³/mol. The highest BCUT2D eigenvalue weighted by Crippen LogP contribution is 2.15. The van der Waals surface area contributed by atoms with E-state index in [4.69, 9.17) is 15.3 Å². The number of nitriles is 2. The third kappa shape index (κ3) is 6.60. The Morgan fingerprint density at radius 3 is 2.04 bits per heavy atom. The summed E-state index contributed by atoms with van der Waals surface area (Å²) in [5, 5.41) is 16.3. The second-order valence-corrected chi connectivity index (χ2v) is 4.80. The molecular formula is C18H13BrN2O2. The molecule has 0 bridgehead atoms. The quantitative estimate of drug-likeness (QED) is 0.348. The number of halogens is 1. The molecule has 0 amide bonds. The number of ether oxygens (including phenoxy) is 1. The monoisotopic (exact) mass is 368 g/mol. The number of rotatable bonds is 3. The molecule has 0 heterocycles. The maximum Gasteiger partial charge on any atom is 0.343 e. The summed E-state index contributed by atoms with van der Waals surface area (Å²) in [6.07, 6.45) is 0. The summed E-state index contributed by atoms with van der Waals surface area (Å²) in [4.78, 5) is 11.7. The number of alkyl halides is 1. The van der Waals surface area contributed by atoms with Crippen LogP contribution in [-0.2, 0) is 5.33 Å². The molecule has 0 unspecified atom stereocenters. The lowest BCUT2D eigenvalue weighted by Crippen LogP contribution is -2.07. The topological polar surface area (TPSA) is 73.9 Å². The maximum atomic E-state index is 11.7. The number of carbonyl (C=O) groups excluding carboxylic acids is 1. The van der Waals surface area contributed by atoms with Gasteiger partial charge in [-0.3, -0.25) is 0 Å². The molecule has 2 aromatic rings. The Hall–Kier alpha value is -2.89. The maximum absolute atomic E-state index is 11.7. The summed E-state index contributed by atoms with van der Waals surface area (Å²) in [5.74, 6) is 0.223. The fourth-order valence-corrected chi connectivity index (χ4v) is 1.79. The molecule has 0 saturated carbocycles. The Bertz CT molecular complexity index is 725. The van der Waals surface area contributed by atoms with Crippen LogP contribution < -0.4 is 4.74 Å². The number of benzene rings is 2. The van der Waals surface area contributed by atoms with Crippen LogP contribution in [0.5, 0.6) is 5.75 Å². The van der Waals surface area contributed by atoms with Crippen LogP contribution in [0.25, 0.3) is 0 Å². The van der Waals surface area contributed by atoms with Gasteiger partial charge in [-0.15, -0.1) is 0 Å². The number of hydrogen-bond donors (Lipinski definition) is 0. The fourth-order valence-electron chi connectivity index (χ4n) is 1.41. The van der Waals surface area contributed by atoms with Crippen LogP contribution in [0, 0.1) is 22.7 Å². The van der Waals surface area contributed by atoms with Gasteiger partial charge in [-0.1, -0.05) is 52.8 Å². The average Bonchev–Trinajstić information content (AvgIpc) is 2.63. The van der Waals surface area contributed by atoms with E-state index in [0.29, 0.717) is 11.3 Å². The zero-order valence-electron chi connectivity index (χ0n) is 12.2. The van der Waals surface area contributed by atoms with Gasteiger partial charge in [0.15, 0.2) is 0 Å². The number of carbonyl (C=O) groups is 1. The molecule has 0 spiro atoms. The average molecular weight is 369 g/mol. The van der Waals surface area contributed by atoms with E-state index in [1.165, 1.54) is 0 Å².